The van der Waals surface area contributed by atoms with Gasteiger partial charge in [0.15, 0.2) is 0 Å². The first kappa shape index (κ1) is 12.2. The number of nitrogens with zero attached hydrogens (tertiary/aromatic N) is 7. The van der Waals surface area contributed by atoms with Gasteiger partial charge in [-0.05, 0) is 13.8 Å². The molecule has 8 nitrogen and oxygen atoms in total. The van der Waals surface area contributed by atoms with E-state index in [1.54, 1.807) is 13.4 Å². The monoisotopic (exact) mass is 248 g/mol. The molecule has 0 amide bonds. The molecule has 18 heavy (non-hydrogen) atoms. The molecule has 0 aliphatic heterocycles. The first-order valence-electron chi connectivity index (χ1n) is 5.82. The zero-order valence-corrected chi connectivity index (χ0v) is 10.7. The summed E-state index contributed by atoms with van der Waals surface area (Å²) in [4.78, 5) is 18.9. The molecule has 0 aliphatic carbocycles. The lowest BCUT2D eigenvalue weighted by Crippen LogP contribution is -2.25. The Labute approximate surface area is 105 Å². The van der Waals surface area contributed by atoms with Gasteiger partial charge in [0.05, 0.1) is 0 Å². The maximum atomic E-state index is 4.39. The average Bonchev–Trinajstić information content (AvgIpc) is 2.94. The smallest absolute Gasteiger partial charge is 0.258 e. The summed E-state index contributed by atoms with van der Waals surface area (Å²) < 4.78 is 1.51. The molecule has 1 N–H and O–H groups in total. The molecule has 0 saturated carbocycles. The van der Waals surface area contributed by atoms with E-state index in [1.807, 2.05) is 4.90 Å². The molecule has 0 aromatic carbocycles. The topological polar surface area (TPSA) is 84.7 Å². The summed E-state index contributed by atoms with van der Waals surface area (Å²) in [5, 5.41) is 6.94. The van der Waals surface area contributed by atoms with Crippen LogP contribution < -0.4 is 10.2 Å². The number of nitrogens with one attached hydrogen (secondary N) is 1. The van der Waals surface area contributed by atoms with E-state index in [2.05, 4.69) is 44.2 Å². The SMILES string of the molecule is CCN(CC)c1nc(NC)nc(-n2cncn2)n1. The molecule has 2 heterocycles. The molecule has 0 bridgehead atoms. The average molecular weight is 248 g/mol. The molecule has 0 radical (unpaired) electrons. The highest BCUT2D eigenvalue weighted by atomic mass is 15.4. The van der Waals surface area contributed by atoms with Crippen LogP contribution in [0.1, 0.15) is 13.8 Å². The molecule has 0 fully saturated rings. The first-order chi connectivity index (χ1) is 8.78. The molecule has 0 atom stereocenters. The predicted molar refractivity (Wildman–Crippen MR) is 67.9 cm³/mol. The number of anilines is 2. The Hall–Kier alpha value is -2.25. The van der Waals surface area contributed by atoms with Crippen LogP contribution in [0.4, 0.5) is 11.9 Å². The molecular formula is C10H16N8. The molecule has 8 heteroatoms. The third-order valence-corrected chi connectivity index (χ3v) is 2.51. The Morgan fingerprint density at radius 1 is 1.22 bits per heavy atom. The van der Waals surface area contributed by atoms with E-state index in [0.717, 1.165) is 13.1 Å². The van der Waals surface area contributed by atoms with Gasteiger partial charge >= 0.3 is 0 Å². The molecule has 0 saturated heterocycles. The van der Waals surface area contributed by atoms with Crippen LogP contribution in [0.3, 0.4) is 0 Å². The van der Waals surface area contributed by atoms with Gasteiger partial charge in [-0.2, -0.15) is 24.7 Å². The molecule has 2 rings (SSSR count). The van der Waals surface area contributed by atoms with Crippen LogP contribution in [0, 0.1) is 0 Å². The molecule has 2 aromatic heterocycles. The second kappa shape index (κ2) is 5.39. The van der Waals surface area contributed by atoms with Crippen LogP contribution in [0.5, 0.6) is 0 Å². The van der Waals surface area contributed by atoms with E-state index in [0.29, 0.717) is 17.8 Å². The van der Waals surface area contributed by atoms with Crippen molar-refractivity contribution in [2.24, 2.45) is 0 Å². The van der Waals surface area contributed by atoms with Gasteiger partial charge in [0.25, 0.3) is 5.95 Å². The first-order valence-corrected chi connectivity index (χ1v) is 5.82. The Bertz CT molecular complexity index is 491. The second-order valence-electron chi connectivity index (χ2n) is 3.52. The lowest BCUT2D eigenvalue weighted by atomic mass is 10.5. The van der Waals surface area contributed by atoms with Crippen LogP contribution in [0.25, 0.3) is 5.95 Å². The van der Waals surface area contributed by atoms with E-state index < -0.39 is 0 Å². The van der Waals surface area contributed by atoms with Crippen molar-refractivity contribution in [1.82, 2.24) is 29.7 Å². The number of rotatable bonds is 5. The van der Waals surface area contributed by atoms with Crippen molar-refractivity contribution in [2.45, 2.75) is 13.8 Å². The van der Waals surface area contributed by atoms with Crippen LogP contribution in [0.15, 0.2) is 12.7 Å². The minimum Gasteiger partial charge on any atom is -0.357 e. The van der Waals surface area contributed by atoms with Crippen molar-refractivity contribution in [1.29, 1.82) is 0 Å². The van der Waals surface area contributed by atoms with Crippen molar-refractivity contribution in [3.8, 4) is 5.95 Å². The van der Waals surface area contributed by atoms with E-state index in [1.165, 1.54) is 11.0 Å². The Kier molecular flexibility index (Phi) is 3.66. The van der Waals surface area contributed by atoms with Gasteiger partial charge in [-0.25, -0.2) is 4.98 Å². The fourth-order valence-electron chi connectivity index (χ4n) is 1.53. The Morgan fingerprint density at radius 3 is 2.56 bits per heavy atom. The van der Waals surface area contributed by atoms with Crippen molar-refractivity contribution in [3.05, 3.63) is 12.7 Å². The molecule has 0 spiro atoms. The van der Waals surface area contributed by atoms with Gasteiger partial charge in [-0.3, -0.25) is 0 Å². The van der Waals surface area contributed by atoms with Gasteiger partial charge in [0, 0.05) is 20.1 Å². The molecular weight excluding hydrogens is 232 g/mol. The summed E-state index contributed by atoms with van der Waals surface area (Å²) in [6.07, 6.45) is 3.00. The van der Waals surface area contributed by atoms with Crippen molar-refractivity contribution in [2.75, 3.05) is 30.4 Å². The molecule has 96 valence electrons. The van der Waals surface area contributed by atoms with Crippen molar-refractivity contribution >= 4 is 11.9 Å². The molecule has 2 aromatic rings. The molecule has 0 unspecified atom stereocenters. The summed E-state index contributed by atoms with van der Waals surface area (Å²) in [5.74, 6) is 1.59. The third kappa shape index (κ3) is 2.36. The largest absolute Gasteiger partial charge is 0.357 e. The quantitative estimate of drug-likeness (QED) is 0.816. The normalized spacial score (nSPS) is 10.4. The molecule has 0 aliphatic rings. The number of aromatic nitrogens is 6. The zero-order valence-electron chi connectivity index (χ0n) is 10.7. The van der Waals surface area contributed by atoms with Gasteiger partial charge in [-0.1, -0.05) is 0 Å². The highest BCUT2D eigenvalue weighted by Crippen LogP contribution is 2.11. The lowest BCUT2D eigenvalue weighted by molar-refractivity contribution is 0.762. The highest BCUT2D eigenvalue weighted by molar-refractivity contribution is 5.39. The van der Waals surface area contributed by atoms with Crippen LogP contribution >= 0.6 is 0 Å². The van der Waals surface area contributed by atoms with Crippen molar-refractivity contribution in [3.63, 3.8) is 0 Å². The van der Waals surface area contributed by atoms with E-state index in [9.17, 15) is 0 Å². The van der Waals surface area contributed by atoms with E-state index in [4.69, 9.17) is 0 Å². The van der Waals surface area contributed by atoms with E-state index >= 15 is 0 Å². The summed E-state index contributed by atoms with van der Waals surface area (Å²) in [5.41, 5.74) is 0. The van der Waals surface area contributed by atoms with Crippen molar-refractivity contribution < 1.29 is 0 Å². The third-order valence-electron chi connectivity index (χ3n) is 2.51. The summed E-state index contributed by atoms with van der Waals surface area (Å²) in [6, 6.07) is 0. The highest BCUT2D eigenvalue weighted by Gasteiger charge is 2.11. The Balaban J connectivity index is 2.45. The standard InChI is InChI=1S/C10H16N8/c1-4-17(5-2)9-14-8(11-3)15-10(16-9)18-7-12-6-13-18/h6-7H,4-5H2,1-3H3,(H,11,14,15,16). The van der Waals surface area contributed by atoms with Gasteiger partial charge in [0.1, 0.15) is 12.7 Å². The van der Waals surface area contributed by atoms with E-state index in [-0.39, 0.29) is 0 Å². The maximum absolute atomic E-state index is 4.39. The summed E-state index contributed by atoms with van der Waals surface area (Å²) in [7, 11) is 1.77. The van der Waals surface area contributed by atoms with Crippen LogP contribution in [-0.2, 0) is 0 Å². The minimum absolute atomic E-state index is 0.453. The van der Waals surface area contributed by atoms with Crippen LogP contribution in [0.2, 0.25) is 0 Å². The zero-order chi connectivity index (χ0) is 13.0. The number of hydrogen-bond donors (Lipinski definition) is 1. The maximum Gasteiger partial charge on any atom is 0.258 e. The Morgan fingerprint density at radius 2 is 2.00 bits per heavy atom. The fourth-order valence-corrected chi connectivity index (χ4v) is 1.53. The second-order valence-corrected chi connectivity index (χ2v) is 3.52. The predicted octanol–water partition coefficient (Wildman–Crippen LogP) is 0.340. The van der Waals surface area contributed by atoms with Gasteiger partial charge in [0.2, 0.25) is 11.9 Å². The fraction of sp³-hybridized carbons (Fsp3) is 0.500. The summed E-state index contributed by atoms with van der Waals surface area (Å²) >= 11 is 0. The minimum atomic E-state index is 0.453. The number of hydrogen-bond acceptors (Lipinski definition) is 7. The van der Waals surface area contributed by atoms with Gasteiger partial charge < -0.3 is 10.2 Å². The lowest BCUT2D eigenvalue weighted by Gasteiger charge is -2.19. The van der Waals surface area contributed by atoms with Gasteiger partial charge in [-0.15, -0.1) is 0 Å². The van der Waals surface area contributed by atoms with Crippen LogP contribution in [-0.4, -0.2) is 49.9 Å². The summed E-state index contributed by atoms with van der Waals surface area (Å²) in [6.45, 7) is 5.78.